The molecule has 4 aliphatic carbocycles. The van der Waals surface area contributed by atoms with Gasteiger partial charge < -0.3 is 15.2 Å². The van der Waals surface area contributed by atoms with Gasteiger partial charge >= 0.3 is 0 Å². The second kappa shape index (κ2) is 8.59. The normalized spacial score (nSPS) is 43.1. The second-order valence-electron chi connectivity index (χ2n) is 12.4. The number of ether oxygens (including phenoxy) is 1. The van der Waals surface area contributed by atoms with Crippen LogP contribution in [0.15, 0.2) is 24.3 Å². The number of hydrogen-bond donors (Lipinski definition) is 2. The van der Waals surface area contributed by atoms with Gasteiger partial charge in [0.15, 0.2) is 0 Å². The number of carbonyl (C=O) groups is 1. The Morgan fingerprint density at radius 1 is 1.06 bits per heavy atom. The highest BCUT2D eigenvalue weighted by atomic mass is 16.5. The molecule has 4 heteroatoms. The molecule has 0 heterocycles. The van der Waals surface area contributed by atoms with Crippen molar-refractivity contribution in [2.75, 3.05) is 7.11 Å². The maximum atomic E-state index is 13.0. The first-order chi connectivity index (χ1) is 15.7. The number of methoxy groups -OCH3 is 1. The molecule has 0 saturated heterocycles. The van der Waals surface area contributed by atoms with Crippen LogP contribution in [0, 0.1) is 40.9 Å². The van der Waals surface area contributed by atoms with E-state index in [2.05, 4.69) is 26.1 Å². The molecule has 0 bridgehead atoms. The lowest BCUT2D eigenvalue weighted by atomic mass is 9.49. The third-order valence-electron chi connectivity index (χ3n) is 10.6. The molecule has 2 N–H and O–H groups in total. The Morgan fingerprint density at radius 2 is 1.85 bits per heavy atom. The first-order valence-electron chi connectivity index (χ1n) is 13.4. The molecular weight excluding hydrogens is 410 g/mol. The minimum absolute atomic E-state index is 0.0110. The van der Waals surface area contributed by atoms with Gasteiger partial charge in [-0.25, -0.2) is 0 Å². The Labute approximate surface area is 199 Å². The number of carbonyl (C=O) groups excluding carboxylic acids is 1. The van der Waals surface area contributed by atoms with Crippen molar-refractivity contribution in [1.82, 2.24) is 5.32 Å². The molecule has 0 spiro atoms. The molecule has 1 amide bonds. The van der Waals surface area contributed by atoms with Gasteiger partial charge in [-0.15, -0.1) is 0 Å². The van der Waals surface area contributed by atoms with Crippen LogP contribution in [0.5, 0.6) is 5.75 Å². The summed E-state index contributed by atoms with van der Waals surface area (Å²) in [6.07, 6.45) is 11.0. The zero-order valence-electron chi connectivity index (χ0n) is 21.0. The van der Waals surface area contributed by atoms with Gasteiger partial charge in [0.2, 0.25) is 0 Å². The van der Waals surface area contributed by atoms with Crippen LogP contribution in [0.25, 0.3) is 0 Å². The van der Waals surface area contributed by atoms with E-state index >= 15 is 0 Å². The molecule has 1 aromatic carbocycles. The standard InChI is InChI=1S/C29H43NO3/c1-18(30-27(31)19-6-5-7-21(16-19)33-4)25-10-11-26-24-9-8-20-17-28(2,32)14-12-22(20)23(24)13-15-29(25,26)3/h5-7,16,18,20,22-26,32H,8-15,17H2,1-4H3,(H,30,31)/t18-,20-,22+,23-,24-,25?,26+,28-,29-/m1/s1. The molecule has 0 aliphatic heterocycles. The first-order valence-corrected chi connectivity index (χ1v) is 13.4. The predicted molar refractivity (Wildman–Crippen MR) is 131 cm³/mol. The van der Waals surface area contributed by atoms with Gasteiger partial charge in [-0.05, 0) is 131 Å². The summed E-state index contributed by atoms with van der Waals surface area (Å²) in [7, 11) is 1.64. The number of benzene rings is 1. The van der Waals surface area contributed by atoms with Crippen molar-refractivity contribution in [2.45, 2.75) is 90.2 Å². The third-order valence-corrected chi connectivity index (χ3v) is 10.6. The lowest BCUT2D eigenvalue weighted by molar-refractivity contribution is -0.101. The minimum Gasteiger partial charge on any atom is -0.497 e. The van der Waals surface area contributed by atoms with Crippen LogP contribution in [-0.4, -0.2) is 29.8 Å². The molecule has 1 aromatic rings. The van der Waals surface area contributed by atoms with E-state index < -0.39 is 5.60 Å². The molecule has 4 fully saturated rings. The summed E-state index contributed by atoms with van der Waals surface area (Å²) in [6, 6.07) is 7.63. The average Bonchev–Trinajstić information content (AvgIpc) is 3.15. The van der Waals surface area contributed by atoms with E-state index in [1.54, 1.807) is 7.11 Å². The molecule has 0 radical (unpaired) electrons. The monoisotopic (exact) mass is 453 g/mol. The predicted octanol–water partition coefficient (Wildman–Crippen LogP) is 5.83. The van der Waals surface area contributed by atoms with Gasteiger partial charge in [0.1, 0.15) is 5.75 Å². The van der Waals surface area contributed by atoms with E-state index in [1.807, 2.05) is 24.3 Å². The fourth-order valence-corrected chi connectivity index (χ4v) is 9.10. The van der Waals surface area contributed by atoms with Crippen molar-refractivity contribution >= 4 is 5.91 Å². The number of aliphatic hydroxyl groups is 1. The molecule has 1 unspecified atom stereocenters. The number of hydrogen-bond acceptors (Lipinski definition) is 3. The van der Waals surface area contributed by atoms with Crippen LogP contribution in [-0.2, 0) is 0 Å². The Morgan fingerprint density at radius 3 is 2.64 bits per heavy atom. The summed E-state index contributed by atoms with van der Waals surface area (Å²) in [6.45, 7) is 6.82. The average molecular weight is 454 g/mol. The van der Waals surface area contributed by atoms with Crippen LogP contribution in [0.1, 0.15) is 88.9 Å². The van der Waals surface area contributed by atoms with Crippen LogP contribution < -0.4 is 10.1 Å². The number of amides is 1. The van der Waals surface area contributed by atoms with Crippen molar-refractivity contribution in [3.8, 4) is 5.75 Å². The Kier molecular flexibility index (Phi) is 6.04. The lowest BCUT2D eigenvalue weighted by Crippen LogP contribution is -2.52. The number of rotatable bonds is 4. The molecule has 33 heavy (non-hydrogen) atoms. The van der Waals surface area contributed by atoms with E-state index in [4.69, 9.17) is 4.74 Å². The highest BCUT2D eigenvalue weighted by Crippen LogP contribution is 2.65. The number of fused-ring (bicyclic) bond motifs is 5. The van der Waals surface area contributed by atoms with E-state index in [0.717, 1.165) is 48.2 Å². The van der Waals surface area contributed by atoms with Gasteiger partial charge in [0, 0.05) is 11.6 Å². The fraction of sp³-hybridized carbons (Fsp3) is 0.759. The van der Waals surface area contributed by atoms with Gasteiger partial charge in [-0.3, -0.25) is 4.79 Å². The maximum Gasteiger partial charge on any atom is 0.251 e. The highest BCUT2D eigenvalue weighted by Gasteiger charge is 2.58. The van der Waals surface area contributed by atoms with Crippen LogP contribution in [0.4, 0.5) is 0 Å². The summed E-state index contributed by atoms with van der Waals surface area (Å²) in [4.78, 5) is 13.0. The summed E-state index contributed by atoms with van der Waals surface area (Å²) < 4.78 is 5.30. The third kappa shape index (κ3) is 4.11. The van der Waals surface area contributed by atoms with Crippen LogP contribution >= 0.6 is 0 Å². The molecule has 4 nitrogen and oxygen atoms in total. The van der Waals surface area contributed by atoms with Crippen molar-refractivity contribution < 1.29 is 14.6 Å². The largest absolute Gasteiger partial charge is 0.497 e. The van der Waals surface area contributed by atoms with Crippen LogP contribution in [0.2, 0.25) is 0 Å². The first kappa shape index (κ1) is 23.2. The van der Waals surface area contributed by atoms with Crippen molar-refractivity contribution in [2.24, 2.45) is 40.9 Å². The minimum atomic E-state index is -0.438. The quantitative estimate of drug-likeness (QED) is 0.603. The zero-order valence-corrected chi connectivity index (χ0v) is 21.0. The second-order valence-corrected chi connectivity index (χ2v) is 12.4. The Balaban J connectivity index is 1.27. The van der Waals surface area contributed by atoms with Gasteiger partial charge in [0.05, 0.1) is 12.7 Å². The Hall–Kier alpha value is -1.55. The van der Waals surface area contributed by atoms with E-state index in [9.17, 15) is 9.90 Å². The van der Waals surface area contributed by atoms with Crippen LogP contribution in [0.3, 0.4) is 0 Å². The Bertz CT molecular complexity index is 881. The molecule has 5 rings (SSSR count). The molecule has 9 atom stereocenters. The summed E-state index contributed by atoms with van der Waals surface area (Å²) in [5, 5.41) is 14.0. The summed E-state index contributed by atoms with van der Waals surface area (Å²) in [5.74, 6) is 5.34. The topological polar surface area (TPSA) is 58.6 Å². The van der Waals surface area contributed by atoms with E-state index in [0.29, 0.717) is 16.9 Å². The maximum absolute atomic E-state index is 13.0. The van der Waals surface area contributed by atoms with Gasteiger partial charge in [-0.2, -0.15) is 0 Å². The van der Waals surface area contributed by atoms with E-state index in [1.165, 1.54) is 44.9 Å². The SMILES string of the molecule is COc1cccc(C(=O)N[C@H](C)C2CC[C@H]3[C@@H]4CC[C@@H]5C[C@](C)(O)CC[C@@H]5[C@H]4CC[C@]23C)c1. The molecular formula is C29H43NO3. The van der Waals surface area contributed by atoms with Gasteiger partial charge in [0.25, 0.3) is 5.91 Å². The summed E-state index contributed by atoms with van der Waals surface area (Å²) >= 11 is 0. The van der Waals surface area contributed by atoms with Crippen molar-refractivity contribution in [3.63, 3.8) is 0 Å². The molecule has 0 aromatic heterocycles. The van der Waals surface area contributed by atoms with Crippen molar-refractivity contribution in [3.05, 3.63) is 29.8 Å². The van der Waals surface area contributed by atoms with Gasteiger partial charge in [-0.1, -0.05) is 13.0 Å². The zero-order chi connectivity index (χ0) is 23.4. The van der Waals surface area contributed by atoms with E-state index in [-0.39, 0.29) is 11.9 Å². The lowest BCUT2D eigenvalue weighted by Gasteiger charge is -2.57. The molecule has 4 saturated carbocycles. The number of nitrogens with one attached hydrogen (secondary N) is 1. The summed E-state index contributed by atoms with van der Waals surface area (Å²) in [5.41, 5.74) is 0.567. The molecule has 4 aliphatic rings. The van der Waals surface area contributed by atoms with Crippen molar-refractivity contribution in [1.29, 1.82) is 0 Å². The highest BCUT2D eigenvalue weighted by molar-refractivity contribution is 5.94. The fourth-order valence-electron chi connectivity index (χ4n) is 9.10. The smallest absolute Gasteiger partial charge is 0.251 e. The molecule has 182 valence electrons.